The summed E-state index contributed by atoms with van der Waals surface area (Å²) < 4.78 is 11.7. The Kier molecular flexibility index (Phi) is 4.05. The first-order valence-electron chi connectivity index (χ1n) is 3.15. The van der Waals surface area contributed by atoms with Crippen molar-refractivity contribution in [3.05, 3.63) is 5.01 Å². The Labute approximate surface area is 87.3 Å². The molecule has 12 heavy (non-hydrogen) atoms. The molecule has 0 aliphatic rings. The summed E-state index contributed by atoms with van der Waals surface area (Å²) in [4.78, 5) is -0.676. The molecule has 1 aromatic rings. The summed E-state index contributed by atoms with van der Waals surface area (Å²) in [5, 5.41) is 7.90. The third-order valence-corrected chi connectivity index (χ3v) is 4.32. The Morgan fingerprint density at radius 2 is 2.25 bits per heavy atom. The lowest BCUT2D eigenvalue weighted by Gasteiger charge is -2.00. The number of hydrogen-bond donors (Lipinski definition) is 0. The summed E-state index contributed by atoms with van der Waals surface area (Å²) in [6, 6.07) is 0. The van der Waals surface area contributed by atoms with Gasteiger partial charge in [-0.1, -0.05) is 28.3 Å². The van der Waals surface area contributed by atoms with E-state index in [9.17, 15) is 4.55 Å². The van der Waals surface area contributed by atoms with Crippen molar-refractivity contribution >= 4 is 45.7 Å². The normalized spacial score (nSPS) is 13.8. The van der Waals surface area contributed by atoms with Crippen molar-refractivity contribution in [3.8, 4) is 0 Å². The highest BCUT2D eigenvalue weighted by molar-refractivity contribution is 7.93. The van der Waals surface area contributed by atoms with Gasteiger partial charge in [-0.05, 0) is 18.3 Å². The third-order valence-electron chi connectivity index (χ3n) is 1.07. The summed E-state index contributed by atoms with van der Waals surface area (Å²) in [5.74, 6) is 0.532. The molecule has 0 aliphatic heterocycles. The molecule has 0 aliphatic carbocycles. The van der Waals surface area contributed by atoms with Gasteiger partial charge in [0.25, 0.3) is 0 Å². The second kappa shape index (κ2) is 4.62. The molecule has 0 aromatic carbocycles. The molecule has 0 spiro atoms. The molecule has 68 valence electrons. The zero-order chi connectivity index (χ0) is 9.14. The second-order valence-corrected chi connectivity index (χ2v) is 5.86. The Hall–Kier alpha value is 0.450. The lowest BCUT2D eigenvalue weighted by atomic mass is 10.8. The van der Waals surface area contributed by atoms with Gasteiger partial charge in [-0.25, -0.2) is 0 Å². The molecule has 1 unspecified atom stereocenters. The van der Waals surface area contributed by atoms with Crippen LogP contribution in [-0.4, -0.2) is 20.5 Å². The number of rotatable bonds is 3. The monoisotopic (exact) mass is 244 g/mol. The van der Waals surface area contributed by atoms with Crippen molar-refractivity contribution in [2.24, 2.45) is 0 Å². The maximum Gasteiger partial charge on any atom is 0.321 e. The molecule has 0 saturated heterocycles. The predicted molar refractivity (Wildman–Crippen MR) is 51.3 cm³/mol. The minimum atomic E-state index is -1.06. The maximum absolute atomic E-state index is 11.2. The quantitative estimate of drug-likeness (QED) is 0.605. The summed E-state index contributed by atoms with van der Waals surface area (Å²) >= 11 is 11.2. The van der Waals surface area contributed by atoms with E-state index in [0.29, 0.717) is 15.1 Å². The number of hydrogen-bond acceptors (Lipinski definition) is 4. The molecular formula is C5H6Cl2N2OS2. The molecular weight excluding hydrogens is 239 g/mol. The van der Waals surface area contributed by atoms with Crippen LogP contribution in [0.25, 0.3) is 0 Å². The molecule has 0 radical (unpaired) electrons. The van der Waals surface area contributed by atoms with Crippen molar-refractivity contribution in [2.75, 3.05) is 5.75 Å². The van der Waals surface area contributed by atoms with Crippen LogP contribution in [0.2, 0.25) is 0 Å². The van der Waals surface area contributed by atoms with Gasteiger partial charge in [0.1, 0.15) is 5.75 Å². The molecule has 0 saturated carbocycles. The van der Waals surface area contributed by atoms with Gasteiger partial charge >= 0.3 is 4.34 Å². The zero-order valence-corrected chi connectivity index (χ0v) is 9.30. The summed E-state index contributed by atoms with van der Waals surface area (Å²) in [7, 11) is 0. The first-order chi connectivity index (χ1) is 5.65. The van der Waals surface area contributed by atoms with Crippen LogP contribution >= 0.6 is 34.5 Å². The first-order valence-corrected chi connectivity index (χ1v) is 6.16. The molecule has 0 amide bonds. The van der Waals surface area contributed by atoms with Crippen molar-refractivity contribution in [1.82, 2.24) is 10.2 Å². The van der Waals surface area contributed by atoms with E-state index in [1.165, 1.54) is 11.3 Å². The maximum atomic E-state index is 11.2. The lowest BCUT2D eigenvalue weighted by molar-refractivity contribution is 0.594. The van der Waals surface area contributed by atoms with Crippen molar-refractivity contribution < 1.29 is 4.55 Å². The van der Waals surface area contributed by atoms with Crippen LogP contribution < -0.4 is 0 Å². The van der Waals surface area contributed by atoms with Crippen LogP contribution in [0.15, 0.2) is 4.34 Å². The fourth-order valence-corrected chi connectivity index (χ4v) is 2.67. The highest BCUT2D eigenvalue weighted by atomic mass is 35.5. The Morgan fingerprint density at radius 3 is 2.67 bits per heavy atom. The summed E-state index contributed by atoms with van der Waals surface area (Å²) in [6.07, 6.45) is 0. The molecule has 0 bridgehead atoms. The molecule has 3 nitrogen and oxygen atoms in total. The van der Waals surface area contributed by atoms with Crippen molar-refractivity contribution in [1.29, 1.82) is 0 Å². The Morgan fingerprint density at radius 1 is 1.58 bits per heavy atom. The van der Waals surface area contributed by atoms with Gasteiger partial charge in [0, 0.05) is 11.2 Å². The molecule has 1 atom stereocenters. The fourth-order valence-electron chi connectivity index (χ4n) is 0.524. The van der Waals surface area contributed by atoms with E-state index in [-0.39, 0.29) is 0 Å². The van der Waals surface area contributed by atoms with Gasteiger partial charge in [0.05, 0.1) is 0 Å². The second-order valence-electron chi connectivity index (χ2n) is 1.84. The van der Waals surface area contributed by atoms with E-state index in [0.717, 1.165) is 0 Å². The van der Waals surface area contributed by atoms with Gasteiger partial charge in [0.15, 0.2) is 9.84 Å². The summed E-state index contributed by atoms with van der Waals surface area (Å²) in [6.45, 7) is 1.82. The first kappa shape index (κ1) is 10.5. The van der Waals surface area contributed by atoms with Gasteiger partial charge in [0.2, 0.25) is 0 Å². The van der Waals surface area contributed by atoms with E-state index in [2.05, 4.69) is 10.2 Å². The average Bonchev–Trinajstić information content (AvgIpc) is 2.51. The van der Waals surface area contributed by atoms with Gasteiger partial charge in [-0.3, -0.25) is 0 Å². The minimum Gasteiger partial charge on any atom is -0.610 e. The topological polar surface area (TPSA) is 48.8 Å². The fraction of sp³-hybridized carbons (Fsp3) is 0.600. The SMILES string of the molecule is CC[S+]([O-])c1nnc(C(Cl)Cl)s1. The van der Waals surface area contributed by atoms with Crippen LogP contribution in [0.3, 0.4) is 0 Å². The number of halogens is 2. The molecule has 1 aromatic heterocycles. The Bertz CT molecular complexity index is 255. The highest BCUT2D eigenvalue weighted by Crippen LogP contribution is 2.29. The molecule has 1 rings (SSSR count). The largest absolute Gasteiger partial charge is 0.610 e. The smallest absolute Gasteiger partial charge is 0.321 e. The van der Waals surface area contributed by atoms with Crippen molar-refractivity contribution in [3.63, 3.8) is 0 Å². The zero-order valence-electron chi connectivity index (χ0n) is 6.16. The third kappa shape index (κ3) is 2.47. The number of nitrogens with zero attached hydrogens (tertiary/aromatic N) is 2. The lowest BCUT2D eigenvalue weighted by Crippen LogP contribution is -2.02. The van der Waals surface area contributed by atoms with Crippen LogP contribution in [0.1, 0.15) is 16.8 Å². The van der Waals surface area contributed by atoms with Crippen LogP contribution in [0, 0.1) is 0 Å². The van der Waals surface area contributed by atoms with E-state index in [1.807, 2.05) is 6.92 Å². The average molecular weight is 245 g/mol. The van der Waals surface area contributed by atoms with E-state index < -0.39 is 16.0 Å². The van der Waals surface area contributed by atoms with E-state index >= 15 is 0 Å². The number of aromatic nitrogens is 2. The molecule has 0 N–H and O–H groups in total. The van der Waals surface area contributed by atoms with Gasteiger partial charge < -0.3 is 4.55 Å². The van der Waals surface area contributed by atoms with E-state index in [4.69, 9.17) is 23.2 Å². The van der Waals surface area contributed by atoms with Gasteiger partial charge in [-0.2, -0.15) is 0 Å². The standard InChI is InChI=1S/C5H6Cl2N2OS2/c1-2-12(10)5-9-8-4(11-5)3(6)7/h3H,2H2,1H3. The van der Waals surface area contributed by atoms with Crippen LogP contribution in [0.4, 0.5) is 0 Å². The molecule has 7 heteroatoms. The molecule has 0 fully saturated rings. The van der Waals surface area contributed by atoms with E-state index in [1.54, 1.807) is 0 Å². The van der Waals surface area contributed by atoms with Crippen LogP contribution in [0.5, 0.6) is 0 Å². The summed E-state index contributed by atoms with van der Waals surface area (Å²) in [5.41, 5.74) is 0. The van der Waals surface area contributed by atoms with Crippen molar-refractivity contribution in [2.45, 2.75) is 16.1 Å². The highest BCUT2D eigenvalue weighted by Gasteiger charge is 2.18. The molecule has 1 heterocycles. The number of alkyl halides is 2. The van der Waals surface area contributed by atoms with Gasteiger partial charge in [-0.15, -0.1) is 5.10 Å². The Balaban J connectivity index is 2.77. The van der Waals surface area contributed by atoms with Crippen LogP contribution in [-0.2, 0) is 11.2 Å². The predicted octanol–water partition coefficient (Wildman–Crippen LogP) is 2.14. The minimum absolute atomic E-state index is 0.485.